The Kier molecular flexibility index (Phi) is 5.80. The van der Waals surface area contributed by atoms with Crippen molar-refractivity contribution in [3.8, 4) is 10.6 Å². The lowest BCUT2D eigenvalue weighted by molar-refractivity contribution is -0.140. The molecule has 2 aromatic rings. The number of piperazine rings is 1. The Morgan fingerprint density at radius 1 is 1.21 bits per heavy atom. The smallest absolute Gasteiger partial charge is 0.227 e. The van der Waals surface area contributed by atoms with E-state index in [0.29, 0.717) is 0 Å². The van der Waals surface area contributed by atoms with Gasteiger partial charge in [0.2, 0.25) is 5.91 Å². The summed E-state index contributed by atoms with van der Waals surface area (Å²) in [5.41, 5.74) is 8.39. The Morgan fingerprint density at radius 3 is 2.68 bits per heavy atom. The van der Waals surface area contributed by atoms with Crippen LogP contribution < -0.4 is 5.73 Å². The molecule has 2 unspecified atom stereocenters. The number of hydrogen-bond acceptors (Lipinski definition) is 5. The van der Waals surface area contributed by atoms with E-state index in [0.717, 1.165) is 69.1 Å². The summed E-state index contributed by atoms with van der Waals surface area (Å²) >= 11 is 1.70. The molecule has 28 heavy (non-hydrogen) atoms. The molecule has 1 aromatic carbocycles. The number of thiazole rings is 1. The van der Waals surface area contributed by atoms with Gasteiger partial charge in [0.25, 0.3) is 0 Å². The first kappa shape index (κ1) is 19.6. The van der Waals surface area contributed by atoms with E-state index < -0.39 is 0 Å². The zero-order valence-electron chi connectivity index (χ0n) is 16.6. The summed E-state index contributed by atoms with van der Waals surface area (Å²) in [4.78, 5) is 22.2. The number of rotatable bonds is 4. The maximum Gasteiger partial charge on any atom is 0.227 e. The van der Waals surface area contributed by atoms with Crippen molar-refractivity contribution in [1.29, 1.82) is 0 Å². The van der Waals surface area contributed by atoms with Gasteiger partial charge in [-0.2, -0.15) is 0 Å². The zero-order chi connectivity index (χ0) is 19.6. The van der Waals surface area contributed by atoms with E-state index in [9.17, 15) is 4.79 Å². The second-order valence-corrected chi connectivity index (χ2v) is 9.27. The van der Waals surface area contributed by atoms with Crippen LogP contribution in [-0.2, 0) is 11.3 Å². The van der Waals surface area contributed by atoms with E-state index in [1.165, 1.54) is 5.56 Å². The Bertz CT molecular complexity index is 796. The van der Waals surface area contributed by atoms with Crippen LogP contribution in [-0.4, -0.2) is 52.4 Å². The van der Waals surface area contributed by atoms with Gasteiger partial charge in [0.1, 0.15) is 5.01 Å². The fraction of sp³-hybridized carbons (Fsp3) is 0.545. The van der Waals surface area contributed by atoms with Crippen LogP contribution in [0.3, 0.4) is 0 Å². The van der Waals surface area contributed by atoms with Crippen LogP contribution in [0.4, 0.5) is 0 Å². The molecule has 4 rings (SSSR count). The van der Waals surface area contributed by atoms with E-state index in [1.807, 2.05) is 23.1 Å². The molecule has 0 spiro atoms. The average Bonchev–Trinajstić information content (AvgIpc) is 3.17. The first-order valence-corrected chi connectivity index (χ1v) is 11.2. The molecule has 2 atom stereocenters. The predicted octanol–water partition coefficient (Wildman–Crippen LogP) is 3.36. The molecule has 0 radical (unpaired) electrons. The van der Waals surface area contributed by atoms with Gasteiger partial charge < -0.3 is 10.6 Å². The summed E-state index contributed by atoms with van der Waals surface area (Å²) in [6.07, 6.45) is 4.16. The summed E-state index contributed by atoms with van der Waals surface area (Å²) in [5.74, 6) is 0.254. The topological polar surface area (TPSA) is 62.5 Å². The first-order chi connectivity index (χ1) is 13.5. The van der Waals surface area contributed by atoms with Crippen molar-refractivity contribution in [2.24, 2.45) is 11.7 Å². The molecule has 2 aliphatic rings. The summed E-state index contributed by atoms with van der Waals surface area (Å²) < 4.78 is 0. The van der Waals surface area contributed by atoms with Gasteiger partial charge in [0.15, 0.2) is 0 Å². The van der Waals surface area contributed by atoms with Crippen molar-refractivity contribution in [2.45, 2.75) is 44.7 Å². The Labute approximate surface area is 171 Å². The highest BCUT2D eigenvalue weighted by Crippen LogP contribution is 2.33. The van der Waals surface area contributed by atoms with Crippen LogP contribution in [0, 0.1) is 5.92 Å². The maximum absolute atomic E-state index is 13.0. The fourth-order valence-electron chi connectivity index (χ4n) is 4.43. The van der Waals surface area contributed by atoms with Gasteiger partial charge in [-0.3, -0.25) is 9.69 Å². The lowest BCUT2D eigenvalue weighted by Gasteiger charge is -2.42. The highest BCUT2D eigenvalue weighted by atomic mass is 32.1. The van der Waals surface area contributed by atoms with E-state index in [-0.39, 0.29) is 17.4 Å². The van der Waals surface area contributed by atoms with Crippen molar-refractivity contribution < 1.29 is 4.79 Å². The van der Waals surface area contributed by atoms with Crippen LogP contribution in [0.15, 0.2) is 35.7 Å². The molecule has 5 nitrogen and oxygen atoms in total. The highest BCUT2D eigenvalue weighted by molar-refractivity contribution is 7.13. The molecule has 1 aliphatic carbocycles. The first-order valence-electron chi connectivity index (χ1n) is 10.3. The molecule has 1 amide bonds. The second-order valence-electron chi connectivity index (χ2n) is 8.42. The van der Waals surface area contributed by atoms with Crippen molar-refractivity contribution >= 4 is 17.2 Å². The molecular weight excluding hydrogens is 368 g/mol. The van der Waals surface area contributed by atoms with Gasteiger partial charge in [0.05, 0.1) is 11.6 Å². The number of amides is 1. The van der Waals surface area contributed by atoms with Crippen molar-refractivity contribution in [3.05, 3.63) is 41.4 Å². The molecule has 0 bridgehead atoms. The van der Waals surface area contributed by atoms with E-state index >= 15 is 0 Å². The maximum atomic E-state index is 13.0. The second kappa shape index (κ2) is 8.31. The lowest BCUT2D eigenvalue weighted by Crippen LogP contribution is -2.57. The SMILES string of the molecule is CC1(N)CCCCC1C(=O)N1CCN(Cc2csc(-c3ccccc3)n2)CC1. The van der Waals surface area contributed by atoms with Gasteiger partial charge in [-0.1, -0.05) is 43.2 Å². The van der Waals surface area contributed by atoms with Gasteiger partial charge in [-0.05, 0) is 19.8 Å². The summed E-state index contributed by atoms with van der Waals surface area (Å²) in [6.45, 7) is 6.29. The number of carbonyl (C=O) groups excluding carboxylic acids is 1. The normalized spacial score (nSPS) is 26.4. The third-order valence-corrected chi connectivity index (χ3v) is 7.13. The number of nitrogens with two attached hydrogens (primary N) is 1. The number of nitrogens with zero attached hydrogens (tertiary/aromatic N) is 3. The van der Waals surface area contributed by atoms with E-state index in [2.05, 4.69) is 29.3 Å². The van der Waals surface area contributed by atoms with Crippen LogP contribution in [0.1, 0.15) is 38.3 Å². The molecule has 2 fully saturated rings. The summed E-state index contributed by atoms with van der Waals surface area (Å²) in [7, 11) is 0. The van der Waals surface area contributed by atoms with Crippen LogP contribution >= 0.6 is 11.3 Å². The molecule has 1 saturated carbocycles. The van der Waals surface area contributed by atoms with Crippen LogP contribution in [0.2, 0.25) is 0 Å². The van der Waals surface area contributed by atoms with E-state index in [1.54, 1.807) is 11.3 Å². The fourth-order valence-corrected chi connectivity index (χ4v) is 5.25. The Balaban J connectivity index is 1.31. The molecule has 1 aromatic heterocycles. The van der Waals surface area contributed by atoms with Crippen LogP contribution in [0.5, 0.6) is 0 Å². The third-order valence-electron chi connectivity index (χ3n) is 6.19. The average molecular weight is 399 g/mol. The molecule has 150 valence electrons. The quantitative estimate of drug-likeness (QED) is 0.858. The molecule has 2 N–H and O–H groups in total. The van der Waals surface area contributed by atoms with Gasteiger partial charge in [-0.15, -0.1) is 11.3 Å². The van der Waals surface area contributed by atoms with E-state index in [4.69, 9.17) is 10.7 Å². The van der Waals surface area contributed by atoms with Crippen molar-refractivity contribution in [2.75, 3.05) is 26.2 Å². The highest BCUT2D eigenvalue weighted by Gasteiger charge is 2.40. The molecule has 1 aliphatic heterocycles. The molecule has 6 heteroatoms. The largest absolute Gasteiger partial charge is 0.340 e. The predicted molar refractivity (Wildman–Crippen MR) is 114 cm³/mol. The standard InChI is InChI=1S/C22H30N4OS/c1-22(23)10-6-5-9-19(22)21(27)26-13-11-25(12-14-26)15-18-16-28-20(24-18)17-7-3-2-4-8-17/h2-4,7-8,16,19H,5-6,9-15,23H2,1H3. The minimum atomic E-state index is -0.346. The van der Waals surface area contributed by atoms with Crippen LogP contribution in [0.25, 0.3) is 10.6 Å². The summed E-state index contributed by atoms with van der Waals surface area (Å²) in [5, 5.41) is 3.23. The number of benzene rings is 1. The number of aromatic nitrogens is 1. The monoisotopic (exact) mass is 398 g/mol. The lowest BCUT2D eigenvalue weighted by atomic mass is 9.74. The van der Waals surface area contributed by atoms with Crippen molar-refractivity contribution in [1.82, 2.24) is 14.8 Å². The molecule has 1 saturated heterocycles. The molecule has 2 heterocycles. The zero-order valence-corrected chi connectivity index (χ0v) is 17.5. The van der Waals surface area contributed by atoms with Gasteiger partial charge in [-0.25, -0.2) is 4.98 Å². The Morgan fingerprint density at radius 2 is 1.96 bits per heavy atom. The van der Waals surface area contributed by atoms with Gasteiger partial charge in [0, 0.05) is 49.2 Å². The third kappa shape index (κ3) is 4.29. The molecular formula is C22H30N4OS. The number of carbonyl (C=O) groups is 1. The van der Waals surface area contributed by atoms with Gasteiger partial charge >= 0.3 is 0 Å². The Hall–Kier alpha value is -1.76. The minimum Gasteiger partial charge on any atom is -0.340 e. The van der Waals surface area contributed by atoms with Crippen molar-refractivity contribution in [3.63, 3.8) is 0 Å². The number of hydrogen-bond donors (Lipinski definition) is 1. The minimum absolute atomic E-state index is 0.0141. The summed E-state index contributed by atoms with van der Waals surface area (Å²) in [6, 6.07) is 10.3.